The zero-order valence-electron chi connectivity index (χ0n) is 10.2. The van der Waals surface area contributed by atoms with Crippen LogP contribution in [0, 0.1) is 0 Å². The summed E-state index contributed by atoms with van der Waals surface area (Å²) in [4.78, 5) is 5.24. The molecule has 2 aromatic heterocycles. The van der Waals surface area contributed by atoms with Gasteiger partial charge < -0.3 is 10.3 Å². The van der Waals surface area contributed by atoms with Crippen molar-refractivity contribution in [3.63, 3.8) is 0 Å². The molecule has 2 rings (SSSR count). The third-order valence-corrected chi connectivity index (χ3v) is 4.89. The first-order valence-corrected chi connectivity index (χ1v) is 7.32. The summed E-state index contributed by atoms with van der Waals surface area (Å²) in [6.45, 7) is 6.03. The minimum absolute atomic E-state index is 0.182. The van der Waals surface area contributed by atoms with Crippen LogP contribution in [0.25, 0.3) is 0 Å². The average molecular weight is 351 g/mol. The van der Waals surface area contributed by atoms with E-state index in [9.17, 15) is 0 Å². The molecule has 4 nitrogen and oxygen atoms in total. The molecule has 1 unspecified atom stereocenters. The SMILES string of the molecule is CC(C)(C)c1nc(C(N)c2cc(Br)c(Cl)s2)no1. The minimum Gasteiger partial charge on any atom is -0.339 e. The normalized spacial score (nSPS) is 13.9. The fourth-order valence-corrected chi connectivity index (χ4v) is 3.04. The number of nitrogens with zero attached hydrogens (tertiary/aromatic N) is 2. The van der Waals surface area contributed by atoms with Crippen LogP contribution in [0.15, 0.2) is 15.1 Å². The first-order valence-electron chi connectivity index (χ1n) is 5.33. The van der Waals surface area contributed by atoms with Gasteiger partial charge in [-0.05, 0) is 22.0 Å². The fraction of sp³-hybridized carbons (Fsp3) is 0.455. The average Bonchev–Trinajstić information content (AvgIpc) is 2.85. The van der Waals surface area contributed by atoms with Crippen LogP contribution in [0.2, 0.25) is 4.34 Å². The number of rotatable bonds is 2. The van der Waals surface area contributed by atoms with Crippen molar-refractivity contribution in [1.82, 2.24) is 10.1 Å². The van der Waals surface area contributed by atoms with Crippen molar-refractivity contribution in [2.75, 3.05) is 0 Å². The lowest BCUT2D eigenvalue weighted by Crippen LogP contribution is -2.14. The van der Waals surface area contributed by atoms with E-state index in [1.54, 1.807) is 0 Å². The Kier molecular flexibility index (Phi) is 3.82. The molecular weight excluding hydrogens is 338 g/mol. The summed E-state index contributed by atoms with van der Waals surface area (Å²) >= 11 is 10.7. The third kappa shape index (κ3) is 2.77. The van der Waals surface area contributed by atoms with Crippen molar-refractivity contribution in [2.24, 2.45) is 5.73 Å². The number of aromatic nitrogens is 2. The van der Waals surface area contributed by atoms with Gasteiger partial charge in [-0.1, -0.05) is 37.5 Å². The van der Waals surface area contributed by atoms with Crippen LogP contribution in [0.4, 0.5) is 0 Å². The molecule has 0 amide bonds. The van der Waals surface area contributed by atoms with Crippen LogP contribution in [0.5, 0.6) is 0 Å². The van der Waals surface area contributed by atoms with Gasteiger partial charge in [0.2, 0.25) is 5.89 Å². The van der Waals surface area contributed by atoms with Crippen LogP contribution in [-0.2, 0) is 5.41 Å². The van der Waals surface area contributed by atoms with Gasteiger partial charge in [0.1, 0.15) is 10.4 Å². The Hall–Kier alpha value is -0.430. The summed E-state index contributed by atoms with van der Waals surface area (Å²) in [7, 11) is 0. The Morgan fingerprint density at radius 2 is 2.17 bits per heavy atom. The van der Waals surface area contributed by atoms with Crippen molar-refractivity contribution in [2.45, 2.75) is 32.2 Å². The number of hydrogen-bond acceptors (Lipinski definition) is 5. The Labute approximate surface area is 123 Å². The highest BCUT2D eigenvalue weighted by Gasteiger charge is 2.25. The molecule has 0 saturated carbocycles. The van der Waals surface area contributed by atoms with Crippen LogP contribution < -0.4 is 5.73 Å². The molecule has 18 heavy (non-hydrogen) atoms. The van der Waals surface area contributed by atoms with Crippen molar-refractivity contribution in [1.29, 1.82) is 0 Å². The molecule has 0 bridgehead atoms. The zero-order chi connectivity index (χ0) is 13.5. The molecule has 2 aromatic rings. The highest BCUT2D eigenvalue weighted by Crippen LogP contribution is 2.36. The number of hydrogen-bond donors (Lipinski definition) is 1. The summed E-state index contributed by atoms with van der Waals surface area (Å²) in [5.41, 5.74) is 5.92. The Morgan fingerprint density at radius 3 is 2.61 bits per heavy atom. The predicted molar refractivity (Wildman–Crippen MR) is 76.1 cm³/mol. The van der Waals surface area contributed by atoms with E-state index < -0.39 is 6.04 Å². The summed E-state index contributed by atoms with van der Waals surface area (Å²) in [5, 5.41) is 3.94. The minimum atomic E-state index is -0.418. The van der Waals surface area contributed by atoms with Gasteiger partial charge in [0.05, 0.1) is 0 Å². The molecule has 2 heterocycles. The molecule has 0 radical (unpaired) electrons. The van der Waals surface area contributed by atoms with Crippen LogP contribution in [-0.4, -0.2) is 10.1 Å². The van der Waals surface area contributed by atoms with Gasteiger partial charge in [-0.2, -0.15) is 4.98 Å². The van der Waals surface area contributed by atoms with Crippen molar-refractivity contribution in [3.8, 4) is 0 Å². The van der Waals surface area contributed by atoms with Gasteiger partial charge in [0.15, 0.2) is 5.82 Å². The summed E-state index contributed by atoms with van der Waals surface area (Å²) in [6.07, 6.45) is 0. The third-order valence-electron chi connectivity index (χ3n) is 2.33. The van der Waals surface area contributed by atoms with E-state index in [4.69, 9.17) is 21.9 Å². The van der Waals surface area contributed by atoms with E-state index in [-0.39, 0.29) is 5.41 Å². The summed E-state index contributed by atoms with van der Waals surface area (Å²) < 4.78 is 6.73. The zero-order valence-corrected chi connectivity index (χ0v) is 13.4. The number of thiophene rings is 1. The quantitative estimate of drug-likeness (QED) is 0.892. The Morgan fingerprint density at radius 1 is 1.50 bits per heavy atom. The largest absolute Gasteiger partial charge is 0.339 e. The summed E-state index contributed by atoms with van der Waals surface area (Å²) in [5.74, 6) is 1.06. The first kappa shape index (κ1) is 14.0. The maximum Gasteiger partial charge on any atom is 0.232 e. The van der Waals surface area contributed by atoms with E-state index in [0.717, 1.165) is 9.35 Å². The molecule has 0 spiro atoms. The van der Waals surface area contributed by atoms with Gasteiger partial charge in [-0.15, -0.1) is 11.3 Å². The lowest BCUT2D eigenvalue weighted by atomic mass is 9.97. The van der Waals surface area contributed by atoms with Gasteiger partial charge in [0, 0.05) is 14.8 Å². The number of nitrogens with two attached hydrogens (primary N) is 1. The predicted octanol–water partition coefficient (Wildman–Crippen LogP) is 3.89. The lowest BCUT2D eigenvalue weighted by molar-refractivity contribution is 0.317. The second-order valence-corrected chi connectivity index (χ2v) is 7.50. The molecule has 0 aliphatic rings. The van der Waals surface area contributed by atoms with E-state index in [2.05, 4.69) is 26.1 Å². The second-order valence-electron chi connectivity index (χ2n) is 4.96. The molecule has 0 aliphatic carbocycles. The molecule has 0 aromatic carbocycles. The van der Waals surface area contributed by atoms with Gasteiger partial charge in [-0.25, -0.2) is 0 Å². The Balaban J connectivity index is 2.29. The van der Waals surface area contributed by atoms with Crippen LogP contribution in [0.1, 0.15) is 43.4 Å². The second kappa shape index (κ2) is 4.92. The van der Waals surface area contributed by atoms with Gasteiger partial charge in [0.25, 0.3) is 0 Å². The maximum atomic E-state index is 6.10. The highest BCUT2D eigenvalue weighted by atomic mass is 79.9. The monoisotopic (exact) mass is 349 g/mol. The molecule has 0 saturated heterocycles. The molecule has 1 atom stereocenters. The lowest BCUT2D eigenvalue weighted by Gasteiger charge is -2.10. The fourth-order valence-electron chi connectivity index (χ4n) is 1.31. The Bertz CT molecular complexity index is 541. The molecule has 98 valence electrons. The maximum absolute atomic E-state index is 6.10. The highest BCUT2D eigenvalue weighted by molar-refractivity contribution is 9.10. The molecule has 2 N–H and O–H groups in total. The van der Waals surface area contributed by atoms with Gasteiger partial charge in [-0.3, -0.25) is 0 Å². The van der Waals surface area contributed by atoms with Crippen molar-refractivity contribution < 1.29 is 4.52 Å². The smallest absolute Gasteiger partial charge is 0.232 e. The molecule has 0 fully saturated rings. The molecule has 7 heteroatoms. The van der Waals surface area contributed by atoms with E-state index in [1.807, 2.05) is 26.8 Å². The van der Waals surface area contributed by atoms with Gasteiger partial charge >= 0.3 is 0 Å². The van der Waals surface area contributed by atoms with Crippen molar-refractivity contribution in [3.05, 3.63) is 31.5 Å². The molecular formula is C11H13BrClN3OS. The summed E-state index contributed by atoms with van der Waals surface area (Å²) in [6, 6.07) is 1.46. The topological polar surface area (TPSA) is 64.9 Å². The van der Waals surface area contributed by atoms with E-state index in [1.165, 1.54) is 11.3 Å². The van der Waals surface area contributed by atoms with E-state index in [0.29, 0.717) is 16.1 Å². The number of halogens is 2. The molecule has 0 aliphatic heterocycles. The van der Waals surface area contributed by atoms with Crippen molar-refractivity contribution >= 4 is 38.9 Å². The van der Waals surface area contributed by atoms with Crippen LogP contribution >= 0.6 is 38.9 Å². The standard InChI is InChI=1S/C11H13BrClN3OS/c1-11(2,3)10-15-9(16-17-10)7(14)6-4-5(12)8(13)18-6/h4,7H,14H2,1-3H3. The first-order chi connectivity index (χ1) is 8.29. The van der Waals surface area contributed by atoms with E-state index >= 15 is 0 Å². The van der Waals surface area contributed by atoms with Crippen LogP contribution in [0.3, 0.4) is 0 Å².